The van der Waals surface area contributed by atoms with E-state index < -0.39 is 0 Å². The zero-order chi connectivity index (χ0) is 10.5. The molecule has 0 aromatic rings. The number of ether oxygens (including phenoxy) is 1. The fourth-order valence-corrected chi connectivity index (χ4v) is 4.62. The van der Waals surface area contributed by atoms with Gasteiger partial charge in [0.05, 0.1) is 18.8 Å². The van der Waals surface area contributed by atoms with Gasteiger partial charge in [-0.1, -0.05) is 0 Å². The van der Waals surface area contributed by atoms with Gasteiger partial charge in [0.25, 0.3) is 0 Å². The number of aliphatic hydroxyl groups is 1. The van der Waals surface area contributed by atoms with E-state index in [1.54, 1.807) is 0 Å². The molecule has 4 bridgehead atoms. The van der Waals surface area contributed by atoms with Gasteiger partial charge >= 0.3 is 0 Å². The normalized spacial score (nSPS) is 52.4. The summed E-state index contributed by atoms with van der Waals surface area (Å²) < 4.78 is 6.01. The molecule has 2 heteroatoms. The van der Waals surface area contributed by atoms with Crippen molar-refractivity contribution in [1.29, 1.82) is 0 Å². The van der Waals surface area contributed by atoms with Gasteiger partial charge in [-0.3, -0.25) is 0 Å². The molecule has 4 rings (SSSR count). The Morgan fingerprint density at radius 1 is 1.07 bits per heavy atom. The molecule has 0 atom stereocenters. The van der Waals surface area contributed by atoms with Crippen molar-refractivity contribution in [2.24, 2.45) is 23.7 Å². The molecular weight excluding hydrogens is 188 g/mol. The first-order chi connectivity index (χ1) is 7.22. The summed E-state index contributed by atoms with van der Waals surface area (Å²) in [6.45, 7) is 3.00. The summed E-state index contributed by atoms with van der Waals surface area (Å²) in [5, 5.41) is 8.91. The second-order valence-corrected chi connectivity index (χ2v) is 6.06. The standard InChI is InChI=1S/C13H22O2/c1-13(15-3-2-14)11-5-9-4-10(7-11)8-12(13)6-9/h9-12,14H,2-8H2,1H3. The van der Waals surface area contributed by atoms with E-state index >= 15 is 0 Å². The van der Waals surface area contributed by atoms with Crippen LogP contribution in [0.4, 0.5) is 0 Å². The Morgan fingerprint density at radius 2 is 1.60 bits per heavy atom. The smallest absolute Gasteiger partial charge is 0.0712 e. The molecule has 4 aliphatic rings. The first-order valence-electron chi connectivity index (χ1n) is 6.47. The SMILES string of the molecule is CC1(OCCO)C2CC3CC(C2)CC1C3. The number of aliphatic hydroxyl groups excluding tert-OH is 1. The number of rotatable bonds is 3. The van der Waals surface area contributed by atoms with E-state index in [1.165, 1.54) is 32.1 Å². The average Bonchev–Trinajstić information content (AvgIpc) is 2.22. The van der Waals surface area contributed by atoms with Crippen molar-refractivity contribution in [3.63, 3.8) is 0 Å². The van der Waals surface area contributed by atoms with Crippen molar-refractivity contribution >= 4 is 0 Å². The van der Waals surface area contributed by atoms with Crippen LogP contribution in [0.3, 0.4) is 0 Å². The third-order valence-electron chi connectivity index (χ3n) is 5.26. The summed E-state index contributed by atoms with van der Waals surface area (Å²) in [5.74, 6) is 3.55. The Hall–Kier alpha value is -0.0800. The summed E-state index contributed by atoms with van der Waals surface area (Å²) in [7, 11) is 0. The predicted molar refractivity (Wildman–Crippen MR) is 58.5 cm³/mol. The van der Waals surface area contributed by atoms with Gasteiger partial charge in [0, 0.05) is 0 Å². The third kappa shape index (κ3) is 1.45. The predicted octanol–water partition coefficient (Wildman–Crippen LogP) is 2.21. The highest BCUT2D eigenvalue weighted by Crippen LogP contribution is 2.59. The van der Waals surface area contributed by atoms with Crippen molar-refractivity contribution in [2.75, 3.05) is 13.2 Å². The number of hydrogen-bond acceptors (Lipinski definition) is 2. The Balaban J connectivity index is 1.78. The maximum atomic E-state index is 8.91. The summed E-state index contributed by atoms with van der Waals surface area (Å²) in [6.07, 6.45) is 7.02. The summed E-state index contributed by atoms with van der Waals surface area (Å²) in [4.78, 5) is 0. The highest BCUT2D eigenvalue weighted by atomic mass is 16.5. The molecule has 4 saturated carbocycles. The molecule has 4 fully saturated rings. The Kier molecular flexibility index (Phi) is 2.33. The van der Waals surface area contributed by atoms with E-state index in [2.05, 4.69) is 6.92 Å². The van der Waals surface area contributed by atoms with Gasteiger partial charge < -0.3 is 9.84 Å². The van der Waals surface area contributed by atoms with Gasteiger partial charge in [0.2, 0.25) is 0 Å². The van der Waals surface area contributed by atoms with Crippen LogP contribution in [0, 0.1) is 23.7 Å². The maximum Gasteiger partial charge on any atom is 0.0712 e. The van der Waals surface area contributed by atoms with Gasteiger partial charge in [-0.25, -0.2) is 0 Å². The lowest BCUT2D eigenvalue weighted by atomic mass is 9.50. The third-order valence-corrected chi connectivity index (χ3v) is 5.26. The van der Waals surface area contributed by atoms with Crippen LogP contribution < -0.4 is 0 Å². The molecule has 0 aliphatic heterocycles. The summed E-state index contributed by atoms with van der Waals surface area (Å²) in [6, 6.07) is 0. The van der Waals surface area contributed by atoms with Crippen molar-refractivity contribution < 1.29 is 9.84 Å². The average molecular weight is 210 g/mol. The Bertz CT molecular complexity index is 221. The molecule has 4 aliphatic carbocycles. The molecule has 0 spiro atoms. The van der Waals surface area contributed by atoms with Crippen LogP contribution in [0.2, 0.25) is 0 Å². The van der Waals surface area contributed by atoms with Crippen molar-refractivity contribution in [2.45, 2.75) is 44.6 Å². The largest absolute Gasteiger partial charge is 0.394 e. The quantitative estimate of drug-likeness (QED) is 0.774. The maximum absolute atomic E-state index is 8.91. The van der Waals surface area contributed by atoms with Crippen LogP contribution in [-0.2, 0) is 4.74 Å². The second-order valence-electron chi connectivity index (χ2n) is 6.06. The van der Waals surface area contributed by atoms with E-state index in [0.717, 1.165) is 23.7 Å². The molecule has 2 nitrogen and oxygen atoms in total. The first-order valence-corrected chi connectivity index (χ1v) is 6.47. The van der Waals surface area contributed by atoms with Gasteiger partial charge in [-0.15, -0.1) is 0 Å². The van der Waals surface area contributed by atoms with E-state index in [0.29, 0.717) is 6.61 Å². The minimum absolute atomic E-state index is 0.0934. The summed E-state index contributed by atoms with van der Waals surface area (Å²) >= 11 is 0. The van der Waals surface area contributed by atoms with E-state index in [9.17, 15) is 0 Å². The van der Waals surface area contributed by atoms with Gasteiger partial charge in [0.15, 0.2) is 0 Å². The molecule has 0 aromatic heterocycles. The first kappa shape index (κ1) is 10.1. The van der Waals surface area contributed by atoms with Crippen molar-refractivity contribution in [3.8, 4) is 0 Å². The second kappa shape index (κ2) is 3.46. The van der Waals surface area contributed by atoms with Crippen LogP contribution in [0.25, 0.3) is 0 Å². The molecule has 0 unspecified atom stereocenters. The molecule has 0 radical (unpaired) electrons. The monoisotopic (exact) mass is 210 g/mol. The lowest BCUT2D eigenvalue weighted by Crippen LogP contribution is -2.57. The topological polar surface area (TPSA) is 29.5 Å². The molecular formula is C13H22O2. The van der Waals surface area contributed by atoms with E-state index in [1.807, 2.05) is 0 Å². The van der Waals surface area contributed by atoms with Gasteiger partial charge in [0.1, 0.15) is 0 Å². The summed E-state index contributed by atoms with van der Waals surface area (Å²) in [5.41, 5.74) is 0.0934. The molecule has 15 heavy (non-hydrogen) atoms. The minimum atomic E-state index is 0.0934. The van der Waals surface area contributed by atoms with Crippen LogP contribution in [0.1, 0.15) is 39.0 Å². The molecule has 86 valence electrons. The van der Waals surface area contributed by atoms with Crippen LogP contribution in [-0.4, -0.2) is 23.9 Å². The molecule has 0 saturated heterocycles. The molecule has 0 aromatic carbocycles. The Labute approximate surface area is 92.0 Å². The zero-order valence-corrected chi connectivity index (χ0v) is 9.61. The highest BCUT2D eigenvalue weighted by molar-refractivity contribution is 5.05. The number of hydrogen-bond donors (Lipinski definition) is 1. The van der Waals surface area contributed by atoms with Gasteiger partial charge in [-0.2, -0.15) is 0 Å². The molecule has 1 N–H and O–H groups in total. The van der Waals surface area contributed by atoms with E-state index in [-0.39, 0.29) is 12.2 Å². The van der Waals surface area contributed by atoms with Crippen LogP contribution >= 0.6 is 0 Å². The fraction of sp³-hybridized carbons (Fsp3) is 1.00. The van der Waals surface area contributed by atoms with Gasteiger partial charge in [-0.05, 0) is 62.7 Å². The highest BCUT2D eigenvalue weighted by Gasteiger charge is 2.55. The lowest BCUT2D eigenvalue weighted by Gasteiger charge is -2.59. The minimum Gasteiger partial charge on any atom is -0.394 e. The lowest BCUT2D eigenvalue weighted by molar-refractivity contribution is -0.197. The molecule has 0 amide bonds. The zero-order valence-electron chi connectivity index (χ0n) is 9.61. The van der Waals surface area contributed by atoms with Crippen LogP contribution in [0.5, 0.6) is 0 Å². The fourth-order valence-electron chi connectivity index (χ4n) is 4.62. The van der Waals surface area contributed by atoms with Crippen LogP contribution in [0.15, 0.2) is 0 Å². The van der Waals surface area contributed by atoms with Crippen molar-refractivity contribution in [3.05, 3.63) is 0 Å². The van der Waals surface area contributed by atoms with E-state index in [4.69, 9.17) is 9.84 Å². The van der Waals surface area contributed by atoms with Crippen molar-refractivity contribution in [1.82, 2.24) is 0 Å². The Morgan fingerprint density at radius 3 is 2.07 bits per heavy atom. The molecule has 0 heterocycles.